The third kappa shape index (κ3) is 6.14. The SMILES string of the molecule is c1ccc(-c2ccc(-c3nc(-c4ccccc4)nc(-c4ccc5c(c4)oc4ccc(-c6ccccc6-c6ccc7c8ccccc8n(-c8ccccc8)c7c6)cc45)n3)cc2)cc1. The van der Waals surface area contributed by atoms with Gasteiger partial charge in [-0.25, -0.2) is 15.0 Å². The van der Waals surface area contributed by atoms with Gasteiger partial charge in [0.1, 0.15) is 11.2 Å². The van der Waals surface area contributed by atoms with Gasteiger partial charge < -0.3 is 8.98 Å². The molecule has 0 aliphatic carbocycles. The van der Waals surface area contributed by atoms with Crippen molar-refractivity contribution in [2.45, 2.75) is 0 Å². The van der Waals surface area contributed by atoms with Crippen molar-refractivity contribution in [3.63, 3.8) is 0 Å². The summed E-state index contributed by atoms with van der Waals surface area (Å²) >= 11 is 0. The fourth-order valence-corrected chi connectivity index (χ4v) is 8.86. The Morgan fingerprint density at radius 3 is 1.50 bits per heavy atom. The molecule has 62 heavy (non-hydrogen) atoms. The number of rotatable bonds is 7. The van der Waals surface area contributed by atoms with Gasteiger partial charge in [-0.05, 0) is 81.9 Å². The molecule has 0 saturated heterocycles. The zero-order valence-corrected chi connectivity index (χ0v) is 33.5. The lowest BCUT2D eigenvalue weighted by molar-refractivity contribution is 0.669. The second kappa shape index (κ2) is 14.7. The molecule has 0 fully saturated rings. The maximum atomic E-state index is 6.56. The Balaban J connectivity index is 0.935. The van der Waals surface area contributed by atoms with Crippen LogP contribution in [0.25, 0.3) is 117 Å². The minimum atomic E-state index is 0.584. The minimum absolute atomic E-state index is 0.584. The van der Waals surface area contributed by atoms with Gasteiger partial charge in [0.05, 0.1) is 11.0 Å². The van der Waals surface area contributed by atoms with Crippen molar-refractivity contribution in [1.82, 2.24) is 19.5 Å². The molecule has 3 aromatic heterocycles. The highest BCUT2D eigenvalue weighted by Gasteiger charge is 2.18. The van der Waals surface area contributed by atoms with Crippen LogP contribution in [0.15, 0.2) is 223 Å². The van der Waals surface area contributed by atoms with Crippen LogP contribution < -0.4 is 0 Å². The van der Waals surface area contributed by atoms with Crippen LogP contribution in [0.3, 0.4) is 0 Å². The fraction of sp³-hybridized carbons (Fsp3) is 0. The first-order valence-corrected chi connectivity index (χ1v) is 20.8. The first-order valence-electron chi connectivity index (χ1n) is 20.8. The minimum Gasteiger partial charge on any atom is -0.456 e. The van der Waals surface area contributed by atoms with Gasteiger partial charge in [0, 0.05) is 43.9 Å². The van der Waals surface area contributed by atoms with Crippen LogP contribution in [-0.4, -0.2) is 19.5 Å². The monoisotopic (exact) mass is 792 g/mol. The van der Waals surface area contributed by atoms with Gasteiger partial charge in [0.25, 0.3) is 0 Å². The van der Waals surface area contributed by atoms with E-state index < -0.39 is 0 Å². The molecule has 0 atom stereocenters. The summed E-state index contributed by atoms with van der Waals surface area (Å²) in [5.74, 6) is 1.81. The summed E-state index contributed by atoms with van der Waals surface area (Å²) in [4.78, 5) is 15.0. The van der Waals surface area contributed by atoms with Gasteiger partial charge in [-0.3, -0.25) is 0 Å². The molecule has 0 saturated carbocycles. The van der Waals surface area contributed by atoms with Crippen molar-refractivity contribution in [2.24, 2.45) is 0 Å². The maximum absolute atomic E-state index is 6.56. The Morgan fingerprint density at radius 2 is 0.774 bits per heavy atom. The predicted octanol–water partition coefficient (Wildman–Crippen LogP) is 14.9. The van der Waals surface area contributed by atoms with Crippen LogP contribution in [0, 0.1) is 0 Å². The number of hydrogen-bond acceptors (Lipinski definition) is 4. The topological polar surface area (TPSA) is 56.7 Å². The summed E-state index contributed by atoms with van der Waals surface area (Å²) in [6.07, 6.45) is 0. The Hall–Kier alpha value is -8.41. The quantitative estimate of drug-likeness (QED) is 0.161. The highest BCUT2D eigenvalue weighted by Crippen LogP contribution is 2.40. The molecule has 290 valence electrons. The molecule has 3 heterocycles. The molecule has 12 aromatic rings. The van der Waals surface area contributed by atoms with Gasteiger partial charge >= 0.3 is 0 Å². The Morgan fingerprint density at radius 1 is 0.290 bits per heavy atom. The number of nitrogens with zero attached hydrogens (tertiary/aromatic N) is 4. The zero-order valence-electron chi connectivity index (χ0n) is 33.5. The zero-order chi connectivity index (χ0) is 41.0. The van der Waals surface area contributed by atoms with E-state index in [9.17, 15) is 0 Å². The molecule has 12 rings (SSSR count). The van der Waals surface area contributed by atoms with Crippen LogP contribution >= 0.6 is 0 Å². The normalized spacial score (nSPS) is 11.5. The molecule has 0 aliphatic heterocycles. The summed E-state index contributed by atoms with van der Waals surface area (Å²) in [6, 6.07) is 76.4. The Kier molecular flexibility index (Phi) is 8.42. The van der Waals surface area contributed by atoms with Crippen molar-refractivity contribution in [2.75, 3.05) is 0 Å². The van der Waals surface area contributed by atoms with Crippen molar-refractivity contribution in [3.8, 4) is 73.2 Å². The number of furan rings is 1. The van der Waals surface area contributed by atoms with E-state index in [1.165, 1.54) is 27.4 Å². The maximum Gasteiger partial charge on any atom is 0.164 e. The van der Waals surface area contributed by atoms with Gasteiger partial charge in [-0.1, -0.05) is 170 Å². The van der Waals surface area contributed by atoms with E-state index in [-0.39, 0.29) is 0 Å². The molecule has 0 N–H and O–H groups in total. The molecule has 5 nitrogen and oxygen atoms in total. The summed E-state index contributed by atoms with van der Waals surface area (Å²) in [7, 11) is 0. The summed E-state index contributed by atoms with van der Waals surface area (Å²) in [6.45, 7) is 0. The van der Waals surface area contributed by atoms with E-state index in [1.807, 2.05) is 36.4 Å². The van der Waals surface area contributed by atoms with E-state index >= 15 is 0 Å². The predicted molar refractivity (Wildman–Crippen MR) is 254 cm³/mol. The van der Waals surface area contributed by atoms with E-state index in [0.717, 1.165) is 72.1 Å². The summed E-state index contributed by atoms with van der Waals surface area (Å²) < 4.78 is 8.94. The lowest BCUT2D eigenvalue weighted by Gasteiger charge is -2.12. The van der Waals surface area contributed by atoms with Gasteiger partial charge in [-0.15, -0.1) is 0 Å². The smallest absolute Gasteiger partial charge is 0.164 e. The van der Waals surface area contributed by atoms with Crippen molar-refractivity contribution in [3.05, 3.63) is 218 Å². The molecule has 0 bridgehead atoms. The van der Waals surface area contributed by atoms with Crippen LogP contribution in [0.1, 0.15) is 0 Å². The molecule has 0 aliphatic rings. The Bertz CT molecular complexity index is 3610. The van der Waals surface area contributed by atoms with Crippen LogP contribution in [0.4, 0.5) is 0 Å². The average molecular weight is 793 g/mol. The van der Waals surface area contributed by atoms with Crippen LogP contribution in [0.2, 0.25) is 0 Å². The van der Waals surface area contributed by atoms with E-state index in [0.29, 0.717) is 17.5 Å². The number of fused-ring (bicyclic) bond motifs is 6. The molecule has 5 heteroatoms. The first-order chi connectivity index (χ1) is 30.7. The van der Waals surface area contributed by atoms with Crippen molar-refractivity contribution < 1.29 is 4.42 Å². The average Bonchev–Trinajstić information content (AvgIpc) is 3.89. The highest BCUT2D eigenvalue weighted by atomic mass is 16.3. The van der Waals surface area contributed by atoms with E-state index in [4.69, 9.17) is 19.4 Å². The lowest BCUT2D eigenvalue weighted by atomic mass is 9.93. The number of para-hydroxylation sites is 2. The first kappa shape index (κ1) is 35.5. The molecule has 0 amide bonds. The molecule has 0 unspecified atom stereocenters. The van der Waals surface area contributed by atoms with Gasteiger partial charge in [0.2, 0.25) is 0 Å². The largest absolute Gasteiger partial charge is 0.456 e. The van der Waals surface area contributed by atoms with Crippen LogP contribution in [0.5, 0.6) is 0 Å². The third-order valence-electron chi connectivity index (χ3n) is 11.9. The Labute approximate surface area is 357 Å². The number of benzene rings is 9. The van der Waals surface area contributed by atoms with Gasteiger partial charge in [0.15, 0.2) is 17.5 Å². The van der Waals surface area contributed by atoms with Crippen LogP contribution in [-0.2, 0) is 0 Å². The fourth-order valence-electron chi connectivity index (χ4n) is 8.86. The second-order valence-electron chi connectivity index (χ2n) is 15.6. The third-order valence-corrected chi connectivity index (χ3v) is 11.9. The molecular formula is C57H36N4O. The summed E-state index contributed by atoms with van der Waals surface area (Å²) in [5, 5.41) is 4.57. The van der Waals surface area contributed by atoms with Crippen molar-refractivity contribution >= 4 is 43.7 Å². The molecule has 9 aromatic carbocycles. The molecule has 0 radical (unpaired) electrons. The van der Waals surface area contributed by atoms with E-state index in [2.05, 4.69) is 187 Å². The van der Waals surface area contributed by atoms with Gasteiger partial charge in [-0.2, -0.15) is 0 Å². The number of hydrogen-bond donors (Lipinski definition) is 0. The standard InChI is InChI=1S/C57H36N4O/c1-4-14-37(15-5-1)38-24-26-40(27-25-38)56-58-55(39-16-6-2-7-17-39)59-57(60-56)43-29-32-49-50-34-41(30-33-53(50)62-54(49)36-43)45-20-10-11-21-46(45)42-28-31-48-47-22-12-13-23-51(47)61(52(48)35-42)44-18-8-3-9-19-44/h1-36H. The second-order valence-corrected chi connectivity index (χ2v) is 15.6. The molecular weight excluding hydrogens is 757 g/mol. The molecule has 0 spiro atoms. The number of aromatic nitrogens is 4. The summed E-state index contributed by atoms with van der Waals surface area (Å²) in [5.41, 5.74) is 14.7. The lowest BCUT2D eigenvalue weighted by Crippen LogP contribution is -2.00. The highest BCUT2D eigenvalue weighted by molar-refractivity contribution is 6.11. The van der Waals surface area contributed by atoms with E-state index in [1.54, 1.807) is 0 Å². The van der Waals surface area contributed by atoms with Crippen molar-refractivity contribution in [1.29, 1.82) is 0 Å².